The van der Waals surface area contributed by atoms with Gasteiger partial charge >= 0.3 is 6.03 Å². The second kappa shape index (κ2) is 7.98. The van der Waals surface area contributed by atoms with E-state index in [4.69, 9.17) is 4.74 Å². The summed E-state index contributed by atoms with van der Waals surface area (Å²) in [5, 5.41) is 2.91. The highest BCUT2D eigenvalue weighted by Crippen LogP contribution is 2.15. The van der Waals surface area contributed by atoms with Crippen molar-refractivity contribution in [2.75, 3.05) is 25.0 Å². The number of aryl methyl sites for hydroxylation is 1. The van der Waals surface area contributed by atoms with Crippen molar-refractivity contribution in [3.8, 4) is 0 Å². The highest BCUT2D eigenvalue weighted by atomic mass is 16.5. The van der Waals surface area contributed by atoms with Crippen molar-refractivity contribution in [1.82, 2.24) is 9.88 Å². The molecule has 0 radical (unpaired) electrons. The van der Waals surface area contributed by atoms with Crippen molar-refractivity contribution in [2.45, 2.75) is 45.6 Å². The van der Waals surface area contributed by atoms with Gasteiger partial charge in [0.05, 0.1) is 18.0 Å². The molecule has 116 valence electrons. The first-order valence-electron chi connectivity index (χ1n) is 7.79. The molecule has 1 saturated heterocycles. The fourth-order valence-corrected chi connectivity index (χ4v) is 2.49. The van der Waals surface area contributed by atoms with E-state index in [1.165, 1.54) is 6.42 Å². The summed E-state index contributed by atoms with van der Waals surface area (Å²) >= 11 is 0. The summed E-state index contributed by atoms with van der Waals surface area (Å²) in [6, 6.07) is 3.70. The van der Waals surface area contributed by atoms with Gasteiger partial charge in [0.25, 0.3) is 0 Å². The van der Waals surface area contributed by atoms with E-state index in [0.717, 1.165) is 43.8 Å². The second-order valence-corrected chi connectivity index (χ2v) is 5.55. The van der Waals surface area contributed by atoms with E-state index in [1.54, 1.807) is 6.20 Å². The molecule has 0 spiro atoms. The topological polar surface area (TPSA) is 54.5 Å². The Hall–Kier alpha value is -1.62. The van der Waals surface area contributed by atoms with Crippen molar-refractivity contribution >= 4 is 11.7 Å². The maximum Gasteiger partial charge on any atom is 0.321 e. The summed E-state index contributed by atoms with van der Waals surface area (Å²) in [4.78, 5) is 18.4. The van der Waals surface area contributed by atoms with Gasteiger partial charge in [0.15, 0.2) is 0 Å². The minimum absolute atomic E-state index is 0.0725. The van der Waals surface area contributed by atoms with Crippen molar-refractivity contribution in [2.24, 2.45) is 0 Å². The van der Waals surface area contributed by atoms with Crippen LogP contribution in [0.25, 0.3) is 0 Å². The number of nitrogens with one attached hydrogen (secondary N) is 1. The molecule has 0 bridgehead atoms. The number of amides is 2. The number of pyridine rings is 1. The molecule has 2 rings (SSSR count). The van der Waals surface area contributed by atoms with Gasteiger partial charge in [-0.15, -0.1) is 0 Å². The van der Waals surface area contributed by atoms with Gasteiger partial charge in [-0.3, -0.25) is 4.98 Å². The fourth-order valence-electron chi connectivity index (χ4n) is 2.49. The molecule has 1 aromatic heterocycles. The number of anilines is 1. The number of hydrogen-bond acceptors (Lipinski definition) is 3. The molecule has 1 aliphatic heterocycles. The molecule has 0 aliphatic carbocycles. The third-order valence-electron chi connectivity index (χ3n) is 3.64. The third-order valence-corrected chi connectivity index (χ3v) is 3.64. The second-order valence-electron chi connectivity index (χ2n) is 5.55. The monoisotopic (exact) mass is 291 g/mol. The van der Waals surface area contributed by atoms with Crippen LogP contribution in [-0.2, 0) is 4.74 Å². The maximum atomic E-state index is 12.4. The molecule has 1 aromatic rings. The van der Waals surface area contributed by atoms with Crippen LogP contribution in [0.1, 0.15) is 38.3 Å². The number of aromatic nitrogens is 1. The van der Waals surface area contributed by atoms with Crippen LogP contribution in [0.2, 0.25) is 0 Å². The Balaban J connectivity index is 1.92. The Kier molecular flexibility index (Phi) is 5.99. The number of urea groups is 1. The molecule has 21 heavy (non-hydrogen) atoms. The molecule has 1 atom stereocenters. The lowest BCUT2D eigenvalue weighted by atomic mass is 10.1. The van der Waals surface area contributed by atoms with E-state index in [9.17, 15) is 4.79 Å². The molecule has 0 aromatic carbocycles. The van der Waals surface area contributed by atoms with Crippen molar-refractivity contribution < 1.29 is 9.53 Å². The van der Waals surface area contributed by atoms with Crippen molar-refractivity contribution in [3.63, 3.8) is 0 Å². The lowest BCUT2D eigenvalue weighted by Gasteiger charge is -2.29. The molecular weight excluding hydrogens is 266 g/mol. The van der Waals surface area contributed by atoms with Gasteiger partial charge in [0, 0.05) is 25.4 Å². The standard InChI is InChI=1S/C16H25N3O2/c1-3-9-19(12-15-6-4-5-10-21-15)16(20)18-14-8-7-13(2)17-11-14/h7-8,11,15H,3-6,9-10,12H2,1-2H3,(H,18,20)/t15-/m0/s1. The minimum Gasteiger partial charge on any atom is -0.376 e. The molecule has 2 amide bonds. The number of nitrogens with zero attached hydrogens (tertiary/aromatic N) is 2. The predicted molar refractivity (Wildman–Crippen MR) is 83.4 cm³/mol. The highest BCUT2D eigenvalue weighted by molar-refractivity contribution is 5.89. The van der Waals surface area contributed by atoms with Crippen LogP contribution in [-0.4, -0.2) is 41.7 Å². The number of hydrogen-bond donors (Lipinski definition) is 1. The van der Waals surface area contributed by atoms with Crippen molar-refractivity contribution in [3.05, 3.63) is 24.0 Å². The maximum absolute atomic E-state index is 12.4. The molecule has 1 fully saturated rings. The van der Waals surface area contributed by atoms with Gasteiger partial charge in [-0.1, -0.05) is 6.92 Å². The van der Waals surface area contributed by atoms with Crippen LogP contribution in [0.5, 0.6) is 0 Å². The van der Waals surface area contributed by atoms with Crippen LogP contribution in [0.15, 0.2) is 18.3 Å². The Morgan fingerprint density at radius 3 is 2.95 bits per heavy atom. The van der Waals surface area contributed by atoms with Gasteiger partial charge in [0.2, 0.25) is 0 Å². The Bertz CT molecular complexity index is 441. The third kappa shape index (κ3) is 5.01. The van der Waals surface area contributed by atoms with Crippen LogP contribution in [0, 0.1) is 6.92 Å². The van der Waals surface area contributed by atoms with Crippen LogP contribution >= 0.6 is 0 Å². The minimum atomic E-state index is -0.0725. The van der Waals surface area contributed by atoms with E-state index in [2.05, 4.69) is 17.2 Å². The molecule has 2 heterocycles. The normalized spacial score (nSPS) is 18.3. The summed E-state index contributed by atoms with van der Waals surface area (Å²) in [6.07, 6.45) is 6.16. The average Bonchev–Trinajstić information content (AvgIpc) is 2.50. The zero-order valence-corrected chi connectivity index (χ0v) is 13.0. The summed E-state index contributed by atoms with van der Waals surface area (Å²) in [6.45, 7) is 6.23. The zero-order valence-electron chi connectivity index (χ0n) is 13.0. The summed E-state index contributed by atoms with van der Waals surface area (Å²) in [7, 11) is 0. The number of ether oxygens (including phenoxy) is 1. The molecule has 5 heteroatoms. The Morgan fingerprint density at radius 2 is 2.33 bits per heavy atom. The van der Waals surface area contributed by atoms with Gasteiger partial charge in [-0.25, -0.2) is 4.79 Å². The first-order valence-corrected chi connectivity index (χ1v) is 7.79. The fraction of sp³-hybridized carbons (Fsp3) is 0.625. The zero-order chi connectivity index (χ0) is 15.1. The first kappa shape index (κ1) is 15.8. The number of carbonyl (C=O) groups excluding carboxylic acids is 1. The van der Waals surface area contributed by atoms with Crippen LogP contribution in [0.4, 0.5) is 10.5 Å². The van der Waals surface area contributed by atoms with Gasteiger partial charge in [0.1, 0.15) is 0 Å². The molecule has 5 nitrogen and oxygen atoms in total. The number of rotatable bonds is 5. The van der Waals surface area contributed by atoms with E-state index in [0.29, 0.717) is 6.54 Å². The summed E-state index contributed by atoms with van der Waals surface area (Å²) < 4.78 is 5.74. The predicted octanol–water partition coefficient (Wildman–Crippen LogP) is 3.20. The van der Waals surface area contributed by atoms with Crippen LogP contribution in [0.3, 0.4) is 0 Å². The summed E-state index contributed by atoms with van der Waals surface area (Å²) in [5.74, 6) is 0. The van der Waals surface area contributed by atoms with E-state index in [-0.39, 0.29) is 12.1 Å². The van der Waals surface area contributed by atoms with Gasteiger partial charge < -0.3 is 15.0 Å². The molecule has 1 N–H and O–H groups in total. The molecule has 1 aliphatic rings. The van der Waals surface area contributed by atoms with E-state index in [1.807, 2.05) is 24.0 Å². The van der Waals surface area contributed by atoms with Gasteiger partial charge in [-0.2, -0.15) is 0 Å². The first-order chi connectivity index (χ1) is 10.2. The quantitative estimate of drug-likeness (QED) is 0.906. The number of carbonyl (C=O) groups is 1. The molecular formula is C16H25N3O2. The average molecular weight is 291 g/mol. The largest absolute Gasteiger partial charge is 0.376 e. The summed E-state index contributed by atoms with van der Waals surface area (Å²) in [5.41, 5.74) is 1.67. The van der Waals surface area contributed by atoms with Crippen molar-refractivity contribution in [1.29, 1.82) is 0 Å². The SMILES string of the molecule is CCCN(C[C@@H]1CCCCO1)C(=O)Nc1ccc(C)nc1. The Morgan fingerprint density at radius 1 is 1.48 bits per heavy atom. The molecule has 0 saturated carbocycles. The lowest BCUT2D eigenvalue weighted by Crippen LogP contribution is -2.42. The lowest BCUT2D eigenvalue weighted by molar-refractivity contribution is 0.00162. The van der Waals surface area contributed by atoms with Gasteiger partial charge in [-0.05, 0) is 44.7 Å². The van der Waals surface area contributed by atoms with E-state index < -0.39 is 0 Å². The Labute approximate surface area is 126 Å². The van der Waals surface area contributed by atoms with Crippen LogP contribution < -0.4 is 5.32 Å². The van der Waals surface area contributed by atoms with E-state index >= 15 is 0 Å². The highest BCUT2D eigenvalue weighted by Gasteiger charge is 2.21. The smallest absolute Gasteiger partial charge is 0.321 e. The molecule has 0 unspecified atom stereocenters.